The van der Waals surface area contributed by atoms with Crippen molar-refractivity contribution in [3.8, 4) is 0 Å². The molecule has 0 amide bonds. The van der Waals surface area contributed by atoms with Gasteiger partial charge in [-0.2, -0.15) is 0 Å². The summed E-state index contributed by atoms with van der Waals surface area (Å²) in [5.41, 5.74) is 3.00. The van der Waals surface area contributed by atoms with Crippen LogP contribution in [0.1, 0.15) is 56.6 Å². The fourth-order valence-corrected chi connectivity index (χ4v) is 4.46. The minimum Gasteiger partial charge on any atom is -0.369 e. The Morgan fingerprint density at radius 1 is 1.05 bits per heavy atom. The van der Waals surface area contributed by atoms with Crippen molar-refractivity contribution in [1.29, 1.82) is 0 Å². The number of fused-ring (bicyclic) bond motifs is 3. The molecule has 20 heavy (non-hydrogen) atoms. The first-order valence-electron chi connectivity index (χ1n) is 8.19. The Morgan fingerprint density at radius 3 is 2.85 bits per heavy atom. The molecule has 1 aromatic rings. The molecule has 2 nitrogen and oxygen atoms in total. The van der Waals surface area contributed by atoms with E-state index in [2.05, 4.69) is 17.1 Å². The number of ether oxygens (including phenoxy) is 1. The van der Waals surface area contributed by atoms with Crippen LogP contribution in [0.4, 0.5) is 0 Å². The minimum absolute atomic E-state index is 0.245. The Bertz CT molecular complexity index is 495. The molecule has 1 saturated heterocycles. The van der Waals surface area contributed by atoms with E-state index in [1.807, 2.05) is 18.5 Å². The maximum absolute atomic E-state index is 6.57. The van der Waals surface area contributed by atoms with Gasteiger partial charge in [0.05, 0.1) is 12.2 Å². The highest BCUT2D eigenvalue weighted by Gasteiger charge is 2.43. The van der Waals surface area contributed by atoms with E-state index in [0.717, 1.165) is 0 Å². The van der Waals surface area contributed by atoms with Crippen LogP contribution in [0.3, 0.4) is 0 Å². The Labute approximate surface area is 121 Å². The van der Waals surface area contributed by atoms with Crippen molar-refractivity contribution in [3.63, 3.8) is 0 Å². The topological polar surface area (TPSA) is 22.1 Å². The number of aromatic nitrogens is 1. The van der Waals surface area contributed by atoms with Crippen LogP contribution in [0, 0.1) is 11.8 Å². The highest BCUT2D eigenvalue weighted by Crippen LogP contribution is 2.50. The second-order valence-electron chi connectivity index (χ2n) is 6.51. The molecule has 0 spiro atoms. The predicted octanol–water partition coefficient (Wildman–Crippen LogP) is 4.44. The van der Waals surface area contributed by atoms with Gasteiger partial charge in [0.25, 0.3) is 0 Å². The van der Waals surface area contributed by atoms with E-state index in [-0.39, 0.29) is 6.10 Å². The van der Waals surface area contributed by atoms with Crippen molar-refractivity contribution in [3.05, 3.63) is 41.7 Å². The summed E-state index contributed by atoms with van der Waals surface area (Å²) in [4.78, 5) is 4.30. The van der Waals surface area contributed by atoms with Gasteiger partial charge in [-0.25, -0.2) is 0 Å². The molecule has 3 aliphatic rings. The highest BCUT2D eigenvalue weighted by atomic mass is 16.5. The summed E-state index contributed by atoms with van der Waals surface area (Å²) in [5.74, 6) is 1.31. The standard InChI is InChI=1S/C18H23NO/c1-2-9-16-14(7-1)15-8-3-4-10-17(15)20-18(16)13-6-5-11-19-12-13/h5-7,11-12,15-18H,1-4,8-10H2/t15-,16+,17+,18-/m0/s1. The average Bonchev–Trinajstić information content (AvgIpc) is 2.55. The van der Waals surface area contributed by atoms with E-state index in [4.69, 9.17) is 4.74 Å². The summed E-state index contributed by atoms with van der Waals surface area (Å²) >= 11 is 0. The molecule has 106 valence electrons. The molecule has 4 atom stereocenters. The maximum Gasteiger partial charge on any atom is 0.0909 e. The smallest absolute Gasteiger partial charge is 0.0909 e. The second kappa shape index (κ2) is 5.33. The van der Waals surface area contributed by atoms with Crippen LogP contribution >= 0.6 is 0 Å². The molecule has 4 rings (SSSR count). The lowest BCUT2D eigenvalue weighted by Gasteiger charge is -2.47. The van der Waals surface area contributed by atoms with Crippen LogP contribution in [0.15, 0.2) is 36.2 Å². The zero-order chi connectivity index (χ0) is 13.4. The number of allylic oxidation sites excluding steroid dienone is 1. The lowest BCUT2D eigenvalue weighted by Crippen LogP contribution is -2.41. The van der Waals surface area contributed by atoms with E-state index < -0.39 is 0 Å². The number of nitrogens with zero attached hydrogens (tertiary/aromatic N) is 1. The summed E-state index contributed by atoms with van der Waals surface area (Å²) in [5, 5.41) is 0. The van der Waals surface area contributed by atoms with Gasteiger partial charge in [0.1, 0.15) is 0 Å². The zero-order valence-corrected chi connectivity index (χ0v) is 12.0. The summed E-state index contributed by atoms with van der Waals surface area (Å²) in [6, 6.07) is 4.23. The monoisotopic (exact) mass is 269 g/mol. The van der Waals surface area contributed by atoms with Gasteiger partial charge >= 0.3 is 0 Å². The molecular formula is C18H23NO. The Hall–Kier alpha value is -1.15. The van der Waals surface area contributed by atoms with Crippen molar-refractivity contribution < 1.29 is 4.74 Å². The Kier molecular flexibility index (Phi) is 3.35. The molecule has 0 aromatic carbocycles. The SMILES string of the molecule is C1=C2[C@@H](CCC1)[C@H](c1cccnc1)O[C@@H]1CCCC[C@@H]21. The molecule has 2 fully saturated rings. The molecule has 1 aromatic heterocycles. The van der Waals surface area contributed by atoms with Gasteiger partial charge in [0.15, 0.2) is 0 Å². The van der Waals surface area contributed by atoms with Gasteiger partial charge < -0.3 is 4.74 Å². The molecule has 2 heterocycles. The predicted molar refractivity (Wildman–Crippen MR) is 79.2 cm³/mol. The van der Waals surface area contributed by atoms with Crippen molar-refractivity contribution in [2.45, 2.75) is 57.2 Å². The summed E-state index contributed by atoms with van der Waals surface area (Å²) in [6.07, 6.45) is 16.3. The molecule has 2 heteroatoms. The van der Waals surface area contributed by atoms with Gasteiger partial charge in [-0.3, -0.25) is 4.98 Å². The van der Waals surface area contributed by atoms with Crippen molar-refractivity contribution in [2.24, 2.45) is 11.8 Å². The largest absolute Gasteiger partial charge is 0.369 e. The van der Waals surface area contributed by atoms with Gasteiger partial charge in [-0.05, 0) is 43.7 Å². The van der Waals surface area contributed by atoms with Crippen molar-refractivity contribution in [1.82, 2.24) is 4.98 Å². The van der Waals surface area contributed by atoms with Crippen LogP contribution in [0.5, 0.6) is 0 Å². The van der Waals surface area contributed by atoms with Crippen LogP contribution in [0.2, 0.25) is 0 Å². The van der Waals surface area contributed by atoms with Gasteiger partial charge in [0.2, 0.25) is 0 Å². The number of hydrogen-bond acceptors (Lipinski definition) is 2. The van der Waals surface area contributed by atoms with Crippen molar-refractivity contribution >= 4 is 0 Å². The maximum atomic E-state index is 6.57. The van der Waals surface area contributed by atoms with Gasteiger partial charge in [-0.15, -0.1) is 0 Å². The van der Waals surface area contributed by atoms with E-state index in [0.29, 0.717) is 17.9 Å². The van der Waals surface area contributed by atoms with Crippen LogP contribution in [-0.4, -0.2) is 11.1 Å². The first kappa shape index (κ1) is 12.6. The molecule has 1 saturated carbocycles. The quantitative estimate of drug-likeness (QED) is 0.703. The summed E-state index contributed by atoms with van der Waals surface area (Å²) in [7, 11) is 0. The molecule has 0 N–H and O–H groups in total. The normalized spacial score (nSPS) is 36.7. The first-order chi connectivity index (χ1) is 9.93. The Balaban J connectivity index is 1.70. The van der Waals surface area contributed by atoms with Gasteiger partial charge in [0, 0.05) is 24.2 Å². The zero-order valence-electron chi connectivity index (χ0n) is 12.0. The van der Waals surface area contributed by atoms with Crippen LogP contribution in [0.25, 0.3) is 0 Å². The number of rotatable bonds is 1. The molecular weight excluding hydrogens is 246 g/mol. The molecule has 2 aliphatic carbocycles. The lowest BCUT2D eigenvalue weighted by molar-refractivity contribution is -0.106. The van der Waals surface area contributed by atoms with E-state index in [9.17, 15) is 0 Å². The Morgan fingerprint density at radius 2 is 1.95 bits per heavy atom. The van der Waals surface area contributed by atoms with E-state index in [1.165, 1.54) is 50.5 Å². The molecule has 0 radical (unpaired) electrons. The average molecular weight is 269 g/mol. The third-order valence-corrected chi connectivity index (χ3v) is 5.36. The molecule has 0 unspecified atom stereocenters. The fraction of sp³-hybridized carbons (Fsp3) is 0.611. The molecule has 0 bridgehead atoms. The third-order valence-electron chi connectivity index (χ3n) is 5.36. The summed E-state index contributed by atoms with van der Waals surface area (Å²) < 4.78 is 6.57. The molecule has 1 aliphatic heterocycles. The lowest BCUT2D eigenvalue weighted by atomic mass is 9.68. The van der Waals surface area contributed by atoms with Crippen LogP contribution < -0.4 is 0 Å². The first-order valence-corrected chi connectivity index (χ1v) is 8.19. The summed E-state index contributed by atoms with van der Waals surface area (Å²) in [6.45, 7) is 0. The van der Waals surface area contributed by atoms with Crippen LogP contribution in [-0.2, 0) is 4.74 Å². The fourth-order valence-electron chi connectivity index (χ4n) is 4.46. The van der Waals surface area contributed by atoms with E-state index >= 15 is 0 Å². The van der Waals surface area contributed by atoms with E-state index in [1.54, 1.807) is 5.57 Å². The van der Waals surface area contributed by atoms with Gasteiger partial charge in [-0.1, -0.05) is 30.6 Å². The second-order valence-corrected chi connectivity index (χ2v) is 6.51. The number of hydrogen-bond donors (Lipinski definition) is 0. The third kappa shape index (κ3) is 2.10. The highest BCUT2D eigenvalue weighted by molar-refractivity contribution is 5.26. The minimum atomic E-state index is 0.245. The number of pyridine rings is 1. The van der Waals surface area contributed by atoms with Crippen molar-refractivity contribution in [2.75, 3.05) is 0 Å².